The third kappa shape index (κ3) is 3.18. The zero-order valence-corrected chi connectivity index (χ0v) is 18.5. The molecule has 6 rings (SSSR count). The van der Waals surface area contributed by atoms with Gasteiger partial charge in [0.2, 0.25) is 0 Å². The quantitative estimate of drug-likeness (QED) is 0.274. The molecule has 4 aromatic carbocycles. The molecule has 3 heteroatoms. The van der Waals surface area contributed by atoms with E-state index in [2.05, 4.69) is 83.6 Å². The highest BCUT2D eigenvalue weighted by molar-refractivity contribution is 6.09. The summed E-state index contributed by atoms with van der Waals surface area (Å²) in [6, 6.07) is 31.4. The molecule has 0 saturated carbocycles. The molecule has 0 aliphatic carbocycles. The van der Waals surface area contributed by atoms with Gasteiger partial charge in [-0.05, 0) is 50.2 Å². The van der Waals surface area contributed by atoms with Crippen LogP contribution in [-0.2, 0) is 13.1 Å². The van der Waals surface area contributed by atoms with Gasteiger partial charge in [0.25, 0.3) is 0 Å². The summed E-state index contributed by atoms with van der Waals surface area (Å²) < 4.78 is 4.64. The van der Waals surface area contributed by atoms with E-state index in [1.165, 1.54) is 38.2 Å². The van der Waals surface area contributed by atoms with Gasteiger partial charge in [0.05, 0.1) is 0 Å². The predicted molar refractivity (Wildman–Crippen MR) is 136 cm³/mol. The Morgan fingerprint density at radius 2 is 0.969 bits per heavy atom. The average Bonchev–Trinajstić information content (AvgIpc) is 3.36. The van der Waals surface area contributed by atoms with Gasteiger partial charge >= 0.3 is 0 Å². The SMILES string of the molecule is CCn1c2ccccc2c2cc(C=O)ccc21.CCn1c2ccccc2c2ccccc21. The van der Waals surface area contributed by atoms with Gasteiger partial charge in [-0.25, -0.2) is 0 Å². The first-order valence-corrected chi connectivity index (χ1v) is 11.2. The van der Waals surface area contributed by atoms with Gasteiger partial charge in [-0.1, -0.05) is 54.6 Å². The van der Waals surface area contributed by atoms with Crippen LogP contribution in [0.2, 0.25) is 0 Å². The number of benzene rings is 4. The van der Waals surface area contributed by atoms with Crippen LogP contribution in [-0.4, -0.2) is 15.4 Å². The van der Waals surface area contributed by atoms with Gasteiger partial charge in [0.15, 0.2) is 0 Å². The van der Waals surface area contributed by atoms with Crippen molar-refractivity contribution in [3.05, 3.63) is 96.6 Å². The number of aryl methyl sites for hydroxylation is 2. The lowest BCUT2D eigenvalue weighted by Crippen LogP contribution is -1.92. The largest absolute Gasteiger partial charge is 0.341 e. The van der Waals surface area contributed by atoms with Crippen LogP contribution in [0.15, 0.2) is 91.0 Å². The van der Waals surface area contributed by atoms with E-state index in [9.17, 15) is 4.79 Å². The number of rotatable bonds is 3. The van der Waals surface area contributed by atoms with Crippen molar-refractivity contribution < 1.29 is 4.79 Å². The number of nitrogens with zero attached hydrogens (tertiary/aromatic N) is 2. The Balaban J connectivity index is 0.000000136. The standard InChI is InChI=1S/C15H13NO.C14H13N/c1-2-16-14-6-4-3-5-12(14)13-9-11(10-17)7-8-15(13)16;1-2-15-13-9-5-3-7-11(13)12-8-4-6-10-14(12)15/h3-10H,2H2,1H3;3-10H,2H2,1H3. The molecule has 32 heavy (non-hydrogen) atoms. The lowest BCUT2D eigenvalue weighted by atomic mass is 10.1. The van der Waals surface area contributed by atoms with Crippen LogP contribution in [0.1, 0.15) is 24.2 Å². The molecular weight excluding hydrogens is 392 g/mol. The summed E-state index contributed by atoms with van der Waals surface area (Å²) in [5.41, 5.74) is 5.83. The lowest BCUT2D eigenvalue weighted by molar-refractivity contribution is 0.112. The maximum atomic E-state index is 10.9. The molecule has 0 amide bonds. The first-order chi connectivity index (χ1) is 15.8. The Hall–Kier alpha value is -3.85. The molecular formula is C29H26N2O. The number of carbonyl (C=O) groups is 1. The summed E-state index contributed by atoms with van der Waals surface area (Å²) in [5.74, 6) is 0. The van der Waals surface area contributed by atoms with Crippen molar-refractivity contribution in [3.8, 4) is 0 Å². The van der Waals surface area contributed by atoms with E-state index in [1.54, 1.807) is 0 Å². The molecule has 0 radical (unpaired) electrons. The lowest BCUT2D eigenvalue weighted by Gasteiger charge is -2.02. The predicted octanol–water partition coefficient (Wildman–Crippen LogP) is 7.44. The van der Waals surface area contributed by atoms with Crippen molar-refractivity contribution in [2.24, 2.45) is 0 Å². The van der Waals surface area contributed by atoms with Crippen LogP contribution in [0.25, 0.3) is 43.6 Å². The molecule has 2 heterocycles. The second kappa shape index (κ2) is 8.35. The fourth-order valence-electron chi connectivity index (χ4n) is 4.83. The monoisotopic (exact) mass is 418 g/mol. The van der Waals surface area contributed by atoms with E-state index < -0.39 is 0 Å². The Labute approximate surface area is 187 Å². The normalized spacial score (nSPS) is 11.2. The molecule has 0 spiro atoms. The summed E-state index contributed by atoms with van der Waals surface area (Å²) in [4.78, 5) is 10.9. The molecule has 3 nitrogen and oxygen atoms in total. The number of fused-ring (bicyclic) bond motifs is 6. The van der Waals surface area contributed by atoms with Gasteiger partial charge < -0.3 is 9.13 Å². The molecule has 0 aliphatic heterocycles. The zero-order chi connectivity index (χ0) is 22.1. The number of hydrogen-bond donors (Lipinski definition) is 0. The van der Waals surface area contributed by atoms with Crippen molar-refractivity contribution in [3.63, 3.8) is 0 Å². The zero-order valence-electron chi connectivity index (χ0n) is 18.5. The first-order valence-electron chi connectivity index (χ1n) is 11.2. The number of hydrogen-bond acceptors (Lipinski definition) is 1. The van der Waals surface area contributed by atoms with Crippen LogP contribution >= 0.6 is 0 Å². The van der Waals surface area contributed by atoms with Gasteiger partial charge in [0.1, 0.15) is 6.29 Å². The minimum Gasteiger partial charge on any atom is -0.341 e. The summed E-state index contributed by atoms with van der Waals surface area (Å²) in [6.45, 7) is 6.29. The Bertz CT molecular complexity index is 1520. The van der Waals surface area contributed by atoms with Crippen molar-refractivity contribution in [2.45, 2.75) is 26.9 Å². The van der Waals surface area contributed by atoms with Gasteiger partial charge in [-0.2, -0.15) is 0 Å². The van der Waals surface area contributed by atoms with Crippen molar-refractivity contribution in [1.29, 1.82) is 0 Å². The summed E-state index contributed by atoms with van der Waals surface area (Å²) in [5, 5.41) is 5.09. The number of aromatic nitrogens is 2. The van der Waals surface area contributed by atoms with Crippen LogP contribution in [0.5, 0.6) is 0 Å². The van der Waals surface area contributed by atoms with E-state index in [-0.39, 0.29) is 0 Å². The molecule has 0 unspecified atom stereocenters. The Morgan fingerprint density at radius 1 is 0.562 bits per heavy atom. The maximum absolute atomic E-state index is 10.9. The number of carbonyl (C=O) groups excluding carboxylic acids is 1. The minimum atomic E-state index is 0.733. The third-order valence-electron chi connectivity index (χ3n) is 6.24. The molecule has 0 saturated heterocycles. The second-order valence-corrected chi connectivity index (χ2v) is 7.93. The van der Waals surface area contributed by atoms with E-state index in [0.29, 0.717) is 0 Å². The van der Waals surface area contributed by atoms with Crippen LogP contribution < -0.4 is 0 Å². The van der Waals surface area contributed by atoms with E-state index in [4.69, 9.17) is 0 Å². The van der Waals surface area contributed by atoms with Gasteiger partial charge in [-0.3, -0.25) is 4.79 Å². The highest BCUT2D eigenvalue weighted by Gasteiger charge is 2.09. The van der Waals surface area contributed by atoms with E-state index in [1.807, 2.05) is 30.3 Å². The molecule has 0 N–H and O–H groups in total. The van der Waals surface area contributed by atoms with Crippen molar-refractivity contribution in [1.82, 2.24) is 9.13 Å². The third-order valence-corrected chi connectivity index (χ3v) is 6.24. The molecule has 6 aromatic rings. The van der Waals surface area contributed by atoms with Gasteiger partial charge in [-0.15, -0.1) is 0 Å². The number of para-hydroxylation sites is 3. The second-order valence-electron chi connectivity index (χ2n) is 7.93. The van der Waals surface area contributed by atoms with E-state index in [0.717, 1.165) is 30.3 Å². The minimum absolute atomic E-state index is 0.733. The first kappa shape index (κ1) is 20.1. The fourth-order valence-corrected chi connectivity index (χ4v) is 4.83. The average molecular weight is 419 g/mol. The Kier molecular flexibility index (Phi) is 5.24. The fraction of sp³-hybridized carbons (Fsp3) is 0.138. The summed E-state index contributed by atoms with van der Waals surface area (Å²) >= 11 is 0. The highest BCUT2D eigenvalue weighted by Crippen LogP contribution is 2.30. The molecule has 0 bridgehead atoms. The van der Waals surface area contributed by atoms with Crippen LogP contribution in [0, 0.1) is 0 Å². The molecule has 158 valence electrons. The van der Waals surface area contributed by atoms with E-state index >= 15 is 0 Å². The summed E-state index contributed by atoms with van der Waals surface area (Å²) in [7, 11) is 0. The number of aldehydes is 1. The van der Waals surface area contributed by atoms with Crippen LogP contribution in [0.4, 0.5) is 0 Å². The van der Waals surface area contributed by atoms with Crippen molar-refractivity contribution in [2.75, 3.05) is 0 Å². The Morgan fingerprint density at radius 3 is 1.41 bits per heavy atom. The smallest absolute Gasteiger partial charge is 0.150 e. The summed E-state index contributed by atoms with van der Waals surface area (Å²) in [6.07, 6.45) is 0.900. The van der Waals surface area contributed by atoms with Gasteiger partial charge in [0, 0.05) is 62.3 Å². The highest BCUT2D eigenvalue weighted by atomic mass is 16.1. The molecule has 0 aliphatic rings. The van der Waals surface area contributed by atoms with Crippen LogP contribution in [0.3, 0.4) is 0 Å². The molecule has 0 atom stereocenters. The van der Waals surface area contributed by atoms with Crippen molar-refractivity contribution >= 4 is 49.9 Å². The molecule has 0 fully saturated rings. The topological polar surface area (TPSA) is 26.9 Å². The molecule has 2 aromatic heterocycles. The maximum Gasteiger partial charge on any atom is 0.150 e.